The number of methoxy groups -OCH3 is 1. The van der Waals surface area contributed by atoms with Gasteiger partial charge in [-0.3, -0.25) is 0 Å². The third-order valence-corrected chi connectivity index (χ3v) is 6.06. The summed E-state index contributed by atoms with van der Waals surface area (Å²) in [6, 6.07) is 11.8. The Hall–Kier alpha value is -2.19. The number of halogens is 1. The van der Waals surface area contributed by atoms with Crippen molar-refractivity contribution in [1.82, 2.24) is 14.8 Å². The van der Waals surface area contributed by atoms with Crippen LogP contribution >= 0.6 is 27.7 Å². The Morgan fingerprint density at radius 3 is 2.52 bits per heavy atom. The quantitative estimate of drug-likeness (QED) is 0.542. The summed E-state index contributed by atoms with van der Waals surface area (Å²) in [6.07, 6.45) is 0. The van der Waals surface area contributed by atoms with Gasteiger partial charge < -0.3 is 18.8 Å². The molecule has 0 fully saturated rings. The highest BCUT2D eigenvalue weighted by Gasteiger charge is 2.16. The van der Waals surface area contributed by atoms with Crippen LogP contribution in [0.2, 0.25) is 0 Å². The first-order valence-corrected chi connectivity index (χ1v) is 10.2. The number of hydrogen-bond acceptors (Lipinski definition) is 6. The van der Waals surface area contributed by atoms with E-state index in [2.05, 4.69) is 26.1 Å². The fourth-order valence-electron chi connectivity index (χ4n) is 2.79. The highest BCUT2D eigenvalue weighted by atomic mass is 79.9. The molecule has 140 valence electrons. The lowest BCUT2D eigenvalue weighted by atomic mass is 10.2. The average molecular weight is 448 g/mol. The van der Waals surface area contributed by atoms with E-state index in [1.54, 1.807) is 18.9 Å². The Kier molecular flexibility index (Phi) is 5.27. The molecule has 0 radical (unpaired) electrons. The number of aromatic nitrogens is 3. The van der Waals surface area contributed by atoms with Crippen molar-refractivity contribution in [1.29, 1.82) is 0 Å². The predicted octanol–water partition coefficient (Wildman–Crippen LogP) is 4.32. The molecule has 1 aliphatic rings. The molecule has 0 aliphatic carbocycles. The first-order chi connectivity index (χ1) is 13.2. The first kappa shape index (κ1) is 18.2. The SMILES string of the molecule is COc1ccc(-c2nnc(SCc3cc4c(cc3Br)OCCO4)n2C)cc1. The van der Waals surface area contributed by atoms with Crippen LogP contribution in [0.3, 0.4) is 0 Å². The van der Waals surface area contributed by atoms with Crippen LogP contribution in [0.4, 0.5) is 0 Å². The highest BCUT2D eigenvalue weighted by Crippen LogP contribution is 2.37. The molecule has 6 nitrogen and oxygen atoms in total. The van der Waals surface area contributed by atoms with Crippen molar-refractivity contribution in [2.24, 2.45) is 7.05 Å². The minimum atomic E-state index is 0.579. The summed E-state index contributed by atoms with van der Waals surface area (Å²) in [6.45, 7) is 1.16. The normalized spacial score (nSPS) is 12.9. The lowest BCUT2D eigenvalue weighted by Crippen LogP contribution is -2.15. The van der Waals surface area contributed by atoms with E-state index in [-0.39, 0.29) is 0 Å². The van der Waals surface area contributed by atoms with Gasteiger partial charge in [-0.2, -0.15) is 0 Å². The Labute approximate surface area is 170 Å². The van der Waals surface area contributed by atoms with Gasteiger partial charge >= 0.3 is 0 Å². The number of ether oxygens (including phenoxy) is 3. The van der Waals surface area contributed by atoms with Gasteiger partial charge in [0, 0.05) is 22.8 Å². The minimum Gasteiger partial charge on any atom is -0.497 e. The van der Waals surface area contributed by atoms with Crippen LogP contribution < -0.4 is 14.2 Å². The fraction of sp³-hybridized carbons (Fsp3) is 0.263. The van der Waals surface area contributed by atoms with E-state index in [1.165, 1.54) is 0 Å². The third-order valence-electron chi connectivity index (χ3n) is 4.25. The van der Waals surface area contributed by atoms with Crippen LogP contribution in [0.5, 0.6) is 17.2 Å². The molecule has 0 saturated heterocycles. The first-order valence-electron chi connectivity index (χ1n) is 8.40. The minimum absolute atomic E-state index is 0.579. The zero-order valence-corrected chi connectivity index (χ0v) is 17.3. The molecule has 1 aliphatic heterocycles. The largest absolute Gasteiger partial charge is 0.497 e. The van der Waals surface area contributed by atoms with Crippen LogP contribution in [-0.2, 0) is 12.8 Å². The molecule has 0 atom stereocenters. The molecule has 0 saturated carbocycles. The standard InChI is InChI=1S/C19H18BrN3O3S/c1-23-18(12-3-5-14(24-2)6-4-12)21-22-19(23)27-11-13-9-16-17(10-15(13)20)26-8-7-25-16/h3-6,9-10H,7-8,11H2,1-2H3. The number of benzene rings is 2. The van der Waals surface area contributed by atoms with Crippen LogP contribution in [0.25, 0.3) is 11.4 Å². The van der Waals surface area contributed by atoms with Crippen molar-refractivity contribution < 1.29 is 14.2 Å². The molecule has 2 aromatic carbocycles. The summed E-state index contributed by atoms with van der Waals surface area (Å²) in [4.78, 5) is 0. The lowest BCUT2D eigenvalue weighted by Gasteiger charge is -2.19. The summed E-state index contributed by atoms with van der Waals surface area (Å²) in [5.74, 6) is 3.95. The maximum absolute atomic E-state index is 5.68. The van der Waals surface area contributed by atoms with E-state index in [9.17, 15) is 0 Å². The second-order valence-electron chi connectivity index (χ2n) is 5.97. The van der Waals surface area contributed by atoms with Crippen molar-refractivity contribution >= 4 is 27.7 Å². The Morgan fingerprint density at radius 1 is 1.11 bits per heavy atom. The zero-order chi connectivity index (χ0) is 18.8. The monoisotopic (exact) mass is 447 g/mol. The molecular formula is C19H18BrN3O3S. The van der Waals surface area contributed by atoms with Gasteiger partial charge in [0.1, 0.15) is 19.0 Å². The van der Waals surface area contributed by atoms with Gasteiger partial charge in [0.25, 0.3) is 0 Å². The molecule has 1 aromatic heterocycles. The van der Waals surface area contributed by atoms with Crippen LogP contribution in [0.1, 0.15) is 5.56 Å². The maximum Gasteiger partial charge on any atom is 0.191 e. The van der Waals surface area contributed by atoms with Crippen molar-refractivity contribution in [2.45, 2.75) is 10.9 Å². The second kappa shape index (κ2) is 7.82. The average Bonchev–Trinajstić information content (AvgIpc) is 3.07. The number of hydrogen-bond donors (Lipinski definition) is 0. The molecule has 0 bridgehead atoms. The second-order valence-corrected chi connectivity index (χ2v) is 7.77. The van der Waals surface area contributed by atoms with Gasteiger partial charge in [-0.05, 0) is 42.0 Å². The van der Waals surface area contributed by atoms with Gasteiger partial charge in [0.15, 0.2) is 22.5 Å². The smallest absolute Gasteiger partial charge is 0.191 e. The van der Waals surface area contributed by atoms with E-state index < -0.39 is 0 Å². The van der Waals surface area contributed by atoms with Gasteiger partial charge in [0.05, 0.1) is 7.11 Å². The van der Waals surface area contributed by atoms with Gasteiger partial charge in [-0.25, -0.2) is 0 Å². The molecular weight excluding hydrogens is 430 g/mol. The van der Waals surface area contributed by atoms with Crippen LogP contribution in [0.15, 0.2) is 46.0 Å². The lowest BCUT2D eigenvalue weighted by molar-refractivity contribution is 0.171. The van der Waals surface area contributed by atoms with Crippen molar-refractivity contribution in [3.63, 3.8) is 0 Å². The topological polar surface area (TPSA) is 58.4 Å². The molecule has 3 aromatic rings. The van der Waals surface area contributed by atoms with Crippen molar-refractivity contribution in [2.75, 3.05) is 20.3 Å². The molecule has 0 N–H and O–H groups in total. The number of fused-ring (bicyclic) bond motifs is 1. The van der Waals surface area contributed by atoms with Gasteiger partial charge in [-0.1, -0.05) is 27.7 Å². The molecule has 8 heteroatoms. The fourth-order valence-corrected chi connectivity index (χ4v) is 4.34. The van der Waals surface area contributed by atoms with E-state index in [0.717, 1.165) is 49.6 Å². The predicted molar refractivity (Wildman–Crippen MR) is 108 cm³/mol. The van der Waals surface area contributed by atoms with E-state index in [4.69, 9.17) is 14.2 Å². The van der Waals surface area contributed by atoms with E-state index >= 15 is 0 Å². The maximum atomic E-state index is 5.68. The molecule has 2 heterocycles. The van der Waals surface area contributed by atoms with Crippen LogP contribution in [-0.4, -0.2) is 35.1 Å². The number of nitrogens with zero attached hydrogens (tertiary/aromatic N) is 3. The summed E-state index contributed by atoms with van der Waals surface area (Å²) in [7, 11) is 3.63. The van der Waals surface area contributed by atoms with Crippen molar-refractivity contribution in [3.8, 4) is 28.6 Å². The zero-order valence-electron chi connectivity index (χ0n) is 14.9. The molecule has 0 unspecified atom stereocenters. The molecule has 0 spiro atoms. The van der Waals surface area contributed by atoms with Gasteiger partial charge in [-0.15, -0.1) is 10.2 Å². The van der Waals surface area contributed by atoms with Gasteiger partial charge in [0.2, 0.25) is 0 Å². The summed E-state index contributed by atoms with van der Waals surface area (Å²) in [5.41, 5.74) is 2.12. The highest BCUT2D eigenvalue weighted by molar-refractivity contribution is 9.10. The van der Waals surface area contributed by atoms with Crippen molar-refractivity contribution in [3.05, 3.63) is 46.4 Å². The molecule has 27 heavy (non-hydrogen) atoms. The number of rotatable bonds is 5. The summed E-state index contributed by atoms with van der Waals surface area (Å²) in [5, 5.41) is 9.53. The Morgan fingerprint density at radius 2 is 1.81 bits per heavy atom. The van der Waals surface area contributed by atoms with E-state index in [1.807, 2.05) is 48.0 Å². The van der Waals surface area contributed by atoms with E-state index in [0.29, 0.717) is 13.2 Å². The molecule has 0 amide bonds. The number of thioether (sulfide) groups is 1. The summed E-state index contributed by atoms with van der Waals surface area (Å²) < 4.78 is 19.5. The summed E-state index contributed by atoms with van der Waals surface area (Å²) >= 11 is 5.25. The Bertz CT molecular complexity index is 960. The molecule has 4 rings (SSSR count). The Balaban J connectivity index is 1.51. The third kappa shape index (κ3) is 3.77. The van der Waals surface area contributed by atoms with Crippen LogP contribution in [0, 0.1) is 0 Å².